The van der Waals surface area contributed by atoms with Gasteiger partial charge in [-0.1, -0.05) is 31.2 Å². The summed E-state index contributed by atoms with van der Waals surface area (Å²) in [6.45, 7) is 6.00. The Balaban J connectivity index is 1.43. The van der Waals surface area contributed by atoms with E-state index in [4.69, 9.17) is 0 Å². The van der Waals surface area contributed by atoms with Crippen molar-refractivity contribution in [1.29, 1.82) is 0 Å². The molecule has 1 amide bonds. The topological polar surface area (TPSA) is 81.8 Å². The lowest BCUT2D eigenvalue weighted by atomic mass is 10.0. The number of nitrogens with one attached hydrogen (secondary N) is 2. The van der Waals surface area contributed by atoms with Crippen molar-refractivity contribution >= 4 is 38.1 Å². The van der Waals surface area contributed by atoms with Gasteiger partial charge in [0, 0.05) is 67.0 Å². The fourth-order valence-electron chi connectivity index (χ4n) is 4.73. The molecule has 1 fully saturated rings. The number of carbonyl (C=O) groups is 1. The quantitative estimate of drug-likeness (QED) is 0.560. The van der Waals surface area contributed by atoms with Gasteiger partial charge in [0.25, 0.3) is 5.91 Å². The highest BCUT2D eigenvalue weighted by molar-refractivity contribution is 7.89. The molecule has 2 aliphatic heterocycles. The van der Waals surface area contributed by atoms with Gasteiger partial charge in [-0.3, -0.25) is 4.79 Å². The summed E-state index contributed by atoms with van der Waals surface area (Å²) >= 11 is 0. The first-order valence-corrected chi connectivity index (χ1v) is 12.8. The predicted molar refractivity (Wildman–Crippen MR) is 131 cm³/mol. The van der Waals surface area contributed by atoms with Crippen molar-refractivity contribution in [2.75, 3.05) is 42.9 Å². The van der Waals surface area contributed by atoms with Crippen molar-refractivity contribution in [1.82, 2.24) is 9.62 Å². The molecule has 8 heteroatoms. The molecule has 0 spiro atoms. The molecule has 0 radical (unpaired) electrons. The fraction of sp³-hybridized carbons (Fsp3) is 0.320. The Morgan fingerprint density at radius 1 is 1.00 bits per heavy atom. The number of amides is 1. The minimum atomic E-state index is -3.47. The van der Waals surface area contributed by atoms with E-state index in [1.807, 2.05) is 30.3 Å². The van der Waals surface area contributed by atoms with Crippen LogP contribution in [0.15, 0.2) is 59.5 Å². The van der Waals surface area contributed by atoms with Gasteiger partial charge in [-0.25, -0.2) is 8.42 Å². The van der Waals surface area contributed by atoms with Gasteiger partial charge in [-0.05, 0) is 42.3 Å². The van der Waals surface area contributed by atoms with Gasteiger partial charge in [0.05, 0.1) is 4.90 Å². The van der Waals surface area contributed by atoms with Crippen LogP contribution >= 0.6 is 0 Å². The molecular formula is C25H28N4O3S. The third-order valence-electron chi connectivity index (χ3n) is 6.36. The smallest absolute Gasteiger partial charge is 0.256 e. The molecule has 2 N–H and O–H groups in total. The van der Waals surface area contributed by atoms with Gasteiger partial charge in [0.15, 0.2) is 0 Å². The van der Waals surface area contributed by atoms with Crippen LogP contribution < -0.4 is 15.5 Å². The van der Waals surface area contributed by atoms with E-state index in [0.29, 0.717) is 43.2 Å². The van der Waals surface area contributed by atoms with E-state index < -0.39 is 10.0 Å². The number of rotatable bonds is 7. The Bertz CT molecular complexity index is 1300. The first-order valence-electron chi connectivity index (χ1n) is 11.4. The summed E-state index contributed by atoms with van der Waals surface area (Å²) in [5.41, 5.74) is 3.68. The molecule has 0 bridgehead atoms. The lowest BCUT2D eigenvalue weighted by Gasteiger charge is -2.27. The lowest BCUT2D eigenvalue weighted by Crippen LogP contribution is -2.46. The number of hydrogen-bond acceptors (Lipinski definition) is 5. The first kappa shape index (κ1) is 21.9. The number of sulfonamides is 1. The Labute approximate surface area is 194 Å². The van der Waals surface area contributed by atoms with Crippen LogP contribution in [0.25, 0.3) is 10.8 Å². The Hall–Kier alpha value is -2.94. The van der Waals surface area contributed by atoms with Crippen LogP contribution in [0.2, 0.25) is 0 Å². The second-order valence-corrected chi connectivity index (χ2v) is 10.5. The monoisotopic (exact) mass is 464 g/mol. The molecule has 0 aliphatic carbocycles. The van der Waals surface area contributed by atoms with Crippen LogP contribution in [0.1, 0.15) is 29.3 Å². The molecule has 172 valence electrons. The third kappa shape index (κ3) is 3.99. The van der Waals surface area contributed by atoms with Crippen molar-refractivity contribution in [3.63, 3.8) is 0 Å². The van der Waals surface area contributed by atoms with E-state index in [0.717, 1.165) is 40.7 Å². The highest BCUT2D eigenvalue weighted by Crippen LogP contribution is 2.39. The van der Waals surface area contributed by atoms with Gasteiger partial charge < -0.3 is 15.5 Å². The molecule has 5 rings (SSSR count). The molecule has 0 aromatic heterocycles. The largest absolute Gasteiger partial charge is 0.367 e. The average molecular weight is 465 g/mol. The van der Waals surface area contributed by atoms with Gasteiger partial charge in [-0.15, -0.1) is 0 Å². The molecule has 0 saturated carbocycles. The Morgan fingerprint density at radius 3 is 2.48 bits per heavy atom. The summed E-state index contributed by atoms with van der Waals surface area (Å²) in [6, 6.07) is 17.1. The number of nitrogens with zero attached hydrogens (tertiary/aromatic N) is 2. The standard InChI is InChI=1S/C25H28N4O3S/c1-2-14-28(23-11-10-22-24-20(23)4-3-5-21(24)25(30)27-22)17-18-6-8-19(9-7-18)33(31,32)29-15-12-26-13-16-29/h3-11,26H,2,12-17H2,1H3,(H,27,30). The number of hydrogen-bond donors (Lipinski definition) is 2. The van der Waals surface area contributed by atoms with Gasteiger partial charge in [0.1, 0.15) is 0 Å². The summed E-state index contributed by atoms with van der Waals surface area (Å²) in [5, 5.41) is 8.15. The van der Waals surface area contributed by atoms with Gasteiger partial charge >= 0.3 is 0 Å². The van der Waals surface area contributed by atoms with E-state index in [9.17, 15) is 13.2 Å². The van der Waals surface area contributed by atoms with Crippen LogP contribution in [-0.2, 0) is 16.6 Å². The zero-order chi connectivity index (χ0) is 23.0. The maximum Gasteiger partial charge on any atom is 0.256 e. The summed E-state index contributed by atoms with van der Waals surface area (Å²) in [4.78, 5) is 14.9. The normalized spacial score (nSPS) is 16.2. The predicted octanol–water partition coefficient (Wildman–Crippen LogP) is 3.42. The van der Waals surface area contributed by atoms with Crippen molar-refractivity contribution in [2.45, 2.75) is 24.8 Å². The van der Waals surface area contributed by atoms with Crippen LogP contribution in [0.4, 0.5) is 11.4 Å². The van der Waals surface area contributed by atoms with E-state index in [1.165, 1.54) is 0 Å². The molecule has 2 heterocycles. The van der Waals surface area contributed by atoms with Crippen LogP contribution in [0.3, 0.4) is 0 Å². The summed E-state index contributed by atoms with van der Waals surface area (Å²) in [6.07, 6.45) is 0.968. The number of anilines is 2. The van der Waals surface area contributed by atoms with Crippen molar-refractivity contribution in [3.8, 4) is 0 Å². The maximum atomic E-state index is 12.9. The minimum absolute atomic E-state index is 0.0592. The third-order valence-corrected chi connectivity index (χ3v) is 8.27. The van der Waals surface area contributed by atoms with E-state index in [-0.39, 0.29) is 5.91 Å². The average Bonchev–Trinajstić information content (AvgIpc) is 3.17. The van der Waals surface area contributed by atoms with Gasteiger partial charge in [-0.2, -0.15) is 4.31 Å². The Morgan fingerprint density at radius 2 is 1.76 bits per heavy atom. The van der Waals surface area contributed by atoms with Crippen molar-refractivity contribution in [3.05, 3.63) is 65.7 Å². The molecule has 2 aliphatic rings. The molecule has 0 atom stereocenters. The molecular weight excluding hydrogens is 436 g/mol. The molecule has 3 aromatic carbocycles. The number of piperazine rings is 1. The Kier molecular flexibility index (Phi) is 5.82. The van der Waals surface area contributed by atoms with Crippen molar-refractivity contribution < 1.29 is 13.2 Å². The number of benzene rings is 3. The molecule has 0 unspecified atom stereocenters. The second-order valence-electron chi connectivity index (χ2n) is 8.53. The highest BCUT2D eigenvalue weighted by atomic mass is 32.2. The second kappa shape index (κ2) is 8.78. The zero-order valence-electron chi connectivity index (χ0n) is 18.7. The number of carbonyl (C=O) groups excluding carboxylic acids is 1. The molecule has 33 heavy (non-hydrogen) atoms. The summed E-state index contributed by atoms with van der Waals surface area (Å²) in [7, 11) is -3.47. The van der Waals surface area contributed by atoms with E-state index in [2.05, 4.69) is 34.6 Å². The van der Waals surface area contributed by atoms with Crippen LogP contribution in [0.5, 0.6) is 0 Å². The molecule has 3 aromatic rings. The van der Waals surface area contributed by atoms with Crippen LogP contribution in [0, 0.1) is 0 Å². The molecule has 1 saturated heterocycles. The van der Waals surface area contributed by atoms with E-state index >= 15 is 0 Å². The highest BCUT2D eigenvalue weighted by Gasteiger charge is 2.26. The minimum Gasteiger partial charge on any atom is -0.367 e. The SMILES string of the molecule is CCCN(Cc1ccc(S(=O)(=O)N2CCNCC2)cc1)c1ccc2c3c(cccc13)C(=O)N2. The summed E-state index contributed by atoms with van der Waals surface area (Å²) in [5.74, 6) is -0.0592. The first-order chi connectivity index (χ1) is 16.0. The van der Waals surface area contributed by atoms with Crippen LogP contribution in [-0.4, -0.2) is 51.4 Å². The van der Waals surface area contributed by atoms with Crippen molar-refractivity contribution in [2.24, 2.45) is 0 Å². The zero-order valence-corrected chi connectivity index (χ0v) is 19.5. The van der Waals surface area contributed by atoms with Gasteiger partial charge in [0.2, 0.25) is 10.0 Å². The maximum absolute atomic E-state index is 12.9. The lowest BCUT2D eigenvalue weighted by molar-refractivity contribution is 0.103. The fourth-order valence-corrected chi connectivity index (χ4v) is 6.17. The summed E-state index contributed by atoms with van der Waals surface area (Å²) < 4.78 is 27.4. The van der Waals surface area contributed by atoms with E-state index in [1.54, 1.807) is 16.4 Å². The molecule has 7 nitrogen and oxygen atoms in total.